The molecule has 2 aromatic rings. The molecule has 0 spiro atoms. The first-order valence-corrected chi connectivity index (χ1v) is 5.39. The second kappa shape index (κ2) is 4.61. The van der Waals surface area contributed by atoms with Gasteiger partial charge in [-0.25, -0.2) is 4.39 Å². The number of hydrogen-bond acceptors (Lipinski definition) is 0. The van der Waals surface area contributed by atoms with Crippen LogP contribution in [0.1, 0.15) is 5.56 Å². The first-order chi connectivity index (χ1) is 8.39. The van der Waals surface area contributed by atoms with E-state index in [0.29, 0.717) is 5.56 Å². The van der Waals surface area contributed by atoms with E-state index in [4.69, 9.17) is 11.6 Å². The van der Waals surface area contributed by atoms with Crippen LogP contribution in [0.2, 0.25) is 5.02 Å². The monoisotopic (exact) mass is 274 g/mol. The summed E-state index contributed by atoms with van der Waals surface area (Å²) in [6.07, 6.45) is -4.51. The van der Waals surface area contributed by atoms with Crippen LogP contribution in [-0.4, -0.2) is 0 Å². The average molecular weight is 275 g/mol. The number of benzene rings is 2. The molecule has 18 heavy (non-hydrogen) atoms. The third kappa shape index (κ3) is 2.48. The summed E-state index contributed by atoms with van der Waals surface area (Å²) in [6.45, 7) is 0. The summed E-state index contributed by atoms with van der Waals surface area (Å²) in [5, 5.41) is -0.378. The lowest BCUT2D eigenvalue weighted by Gasteiger charge is -2.12. The van der Waals surface area contributed by atoms with Crippen LogP contribution >= 0.6 is 11.6 Å². The molecule has 0 aromatic heterocycles. The van der Waals surface area contributed by atoms with Crippen molar-refractivity contribution in [1.82, 2.24) is 0 Å². The molecule has 0 fully saturated rings. The lowest BCUT2D eigenvalue weighted by Crippen LogP contribution is -2.06. The van der Waals surface area contributed by atoms with Crippen molar-refractivity contribution in [3.8, 4) is 11.1 Å². The predicted molar refractivity (Wildman–Crippen MR) is 61.8 cm³/mol. The number of alkyl halides is 3. The van der Waals surface area contributed by atoms with Crippen molar-refractivity contribution in [1.29, 1.82) is 0 Å². The smallest absolute Gasteiger partial charge is 0.207 e. The highest BCUT2D eigenvalue weighted by Crippen LogP contribution is 2.39. The fourth-order valence-electron chi connectivity index (χ4n) is 1.60. The van der Waals surface area contributed by atoms with Gasteiger partial charge in [0.25, 0.3) is 0 Å². The molecule has 0 radical (unpaired) electrons. The fourth-order valence-corrected chi connectivity index (χ4v) is 1.95. The van der Waals surface area contributed by atoms with Gasteiger partial charge in [-0.15, -0.1) is 0 Å². The van der Waals surface area contributed by atoms with Crippen LogP contribution in [0.4, 0.5) is 17.6 Å². The van der Waals surface area contributed by atoms with Crippen LogP contribution < -0.4 is 0 Å². The topological polar surface area (TPSA) is 0 Å². The Kier molecular flexibility index (Phi) is 3.30. The molecule has 2 aromatic carbocycles. The maximum Gasteiger partial charge on any atom is 0.417 e. The third-order valence-corrected chi connectivity index (χ3v) is 2.87. The van der Waals surface area contributed by atoms with Gasteiger partial charge in [-0.05, 0) is 23.8 Å². The van der Waals surface area contributed by atoms with E-state index >= 15 is 0 Å². The van der Waals surface area contributed by atoms with Gasteiger partial charge in [0.2, 0.25) is 0 Å². The maximum absolute atomic E-state index is 12.8. The summed E-state index contributed by atoms with van der Waals surface area (Å²) >= 11 is 5.75. The molecule has 0 amide bonds. The standard InChI is InChI=1S/C13H7ClF4/c14-12-10(8-4-6-9(15)7-5-8)2-1-3-11(12)13(16,17)18/h1-7H. The van der Waals surface area contributed by atoms with Crippen molar-refractivity contribution < 1.29 is 17.6 Å². The van der Waals surface area contributed by atoms with Gasteiger partial charge in [0.15, 0.2) is 0 Å². The zero-order chi connectivity index (χ0) is 13.3. The molecule has 0 saturated carbocycles. The highest BCUT2D eigenvalue weighted by Gasteiger charge is 2.33. The second-order valence-corrected chi connectivity index (χ2v) is 4.05. The summed E-state index contributed by atoms with van der Waals surface area (Å²) in [5.41, 5.74) is -0.231. The normalized spacial score (nSPS) is 11.6. The molecule has 0 unspecified atom stereocenters. The SMILES string of the molecule is Fc1ccc(-c2cccc(C(F)(F)F)c2Cl)cc1. The molecule has 0 nitrogen and oxygen atoms in total. The van der Waals surface area contributed by atoms with Crippen molar-refractivity contribution in [2.75, 3.05) is 0 Å². The second-order valence-electron chi connectivity index (χ2n) is 3.67. The fraction of sp³-hybridized carbons (Fsp3) is 0.0769. The van der Waals surface area contributed by atoms with Crippen LogP contribution in [0.25, 0.3) is 11.1 Å². The summed E-state index contributed by atoms with van der Waals surface area (Å²) in [7, 11) is 0. The van der Waals surface area contributed by atoms with Crippen LogP contribution in [0.5, 0.6) is 0 Å². The van der Waals surface area contributed by atoms with E-state index < -0.39 is 17.6 Å². The Morgan fingerprint density at radius 2 is 1.50 bits per heavy atom. The molecule has 0 saturated heterocycles. The van der Waals surface area contributed by atoms with Crippen LogP contribution in [-0.2, 0) is 6.18 Å². The molecular weight excluding hydrogens is 268 g/mol. The average Bonchev–Trinajstić information content (AvgIpc) is 2.29. The Hall–Kier alpha value is -1.55. The Balaban J connectivity index is 2.56. The van der Waals surface area contributed by atoms with Crippen LogP contribution in [0, 0.1) is 5.82 Å². The molecule has 0 bridgehead atoms. The van der Waals surface area contributed by atoms with Crippen LogP contribution in [0.15, 0.2) is 42.5 Å². The van der Waals surface area contributed by atoms with E-state index in [-0.39, 0.29) is 10.6 Å². The van der Waals surface area contributed by atoms with E-state index in [0.717, 1.165) is 6.07 Å². The van der Waals surface area contributed by atoms with Gasteiger partial charge in [-0.3, -0.25) is 0 Å². The van der Waals surface area contributed by atoms with E-state index in [2.05, 4.69) is 0 Å². The number of halogens is 5. The molecule has 2 rings (SSSR count). The Morgan fingerprint density at radius 3 is 2.06 bits per heavy atom. The Morgan fingerprint density at radius 1 is 0.889 bits per heavy atom. The molecule has 94 valence electrons. The highest BCUT2D eigenvalue weighted by atomic mass is 35.5. The molecule has 0 aliphatic carbocycles. The van der Waals surface area contributed by atoms with Gasteiger partial charge in [0.05, 0.1) is 10.6 Å². The summed E-state index contributed by atoms with van der Waals surface area (Å²) < 4.78 is 50.8. The summed E-state index contributed by atoms with van der Waals surface area (Å²) in [5.74, 6) is -0.457. The van der Waals surface area contributed by atoms with Crippen molar-refractivity contribution in [3.05, 3.63) is 58.9 Å². The molecule has 0 heterocycles. The summed E-state index contributed by atoms with van der Waals surface area (Å²) in [6, 6.07) is 8.76. The lowest BCUT2D eigenvalue weighted by atomic mass is 10.0. The lowest BCUT2D eigenvalue weighted by molar-refractivity contribution is -0.137. The van der Waals surface area contributed by atoms with E-state index in [1.807, 2.05) is 0 Å². The first-order valence-electron chi connectivity index (χ1n) is 5.01. The van der Waals surface area contributed by atoms with E-state index in [1.165, 1.54) is 36.4 Å². The molecule has 0 aliphatic rings. The van der Waals surface area contributed by atoms with Crippen molar-refractivity contribution in [3.63, 3.8) is 0 Å². The van der Waals surface area contributed by atoms with Crippen LogP contribution in [0.3, 0.4) is 0 Å². The molecule has 0 N–H and O–H groups in total. The van der Waals surface area contributed by atoms with Crippen molar-refractivity contribution >= 4 is 11.6 Å². The minimum absolute atomic E-state index is 0.228. The zero-order valence-electron chi connectivity index (χ0n) is 8.93. The number of rotatable bonds is 1. The number of hydrogen-bond donors (Lipinski definition) is 0. The molecule has 5 heteroatoms. The van der Waals surface area contributed by atoms with Gasteiger partial charge in [0, 0.05) is 5.56 Å². The van der Waals surface area contributed by atoms with Gasteiger partial charge in [-0.2, -0.15) is 13.2 Å². The Bertz CT molecular complexity index is 558. The van der Waals surface area contributed by atoms with Crippen molar-refractivity contribution in [2.24, 2.45) is 0 Å². The zero-order valence-corrected chi connectivity index (χ0v) is 9.69. The van der Waals surface area contributed by atoms with Gasteiger partial charge in [0.1, 0.15) is 5.82 Å². The predicted octanol–water partition coefficient (Wildman–Crippen LogP) is 5.16. The van der Waals surface area contributed by atoms with Crippen molar-refractivity contribution in [2.45, 2.75) is 6.18 Å². The third-order valence-electron chi connectivity index (χ3n) is 2.46. The molecule has 0 atom stereocenters. The minimum Gasteiger partial charge on any atom is -0.207 e. The van der Waals surface area contributed by atoms with E-state index in [1.54, 1.807) is 0 Å². The highest BCUT2D eigenvalue weighted by molar-refractivity contribution is 6.34. The maximum atomic E-state index is 12.8. The minimum atomic E-state index is -4.51. The first kappa shape index (κ1) is 12.9. The largest absolute Gasteiger partial charge is 0.417 e. The molecule has 0 aliphatic heterocycles. The summed E-state index contributed by atoms with van der Waals surface area (Å²) in [4.78, 5) is 0. The van der Waals surface area contributed by atoms with Gasteiger partial charge in [-0.1, -0.05) is 35.9 Å². The van der Waals surface area contributed by atoms with Gasteiger partial charge >= 0.3 is 6.18 Å². The quantitative estimate of drug-likeness (QED) is 0.630. The van der Waals surface area contributed by atoms with Gasteiger partial charge < -0.3 is 0 Å². The Labute approximate surface area is 106 Å². The molecular formula is C13H7ClF4. The van der Waals surface area contributed by atoms with E-state index in [9.17, 15) is 17.6 Å².